The highest BCUT2D eigenvalue weighted by atomic mass is 16.5. The van der Waals surface area contributed by atoms with Gasteiger partial charge in [0.25, 0.3) is 0 Å². The van der Waals surface area contributed by atoms with Gasteiger partial charge < -0.3 is 10.1 Å². The minimum absolute atomic E-state index is 0.0663. The van der Waals surface area contributed by atoms with Crippen molar-refractivity contribution in [3.05, 3.63) is 0 Å². The van der Waals surface area contributed by atoms with E-state index in [1.54, 1.807) is 6.92 Å². The van der Waals surface area contributed by atoms with Gasteiger partial charge in [-0.15, -0.1) is 0 Å². The number of ketones is 1. The number of esters is 1. The third-order valence-electron chi connectivity index (χ3n) is 3.07. The molecule has 0 aromatic rings. The molecule has 0 aliphatic heterocycles. The van der Waals surface area contributed by atoms with Gasteiger partial charge >= 0.3 is 5.97 Å². The van der Waals surface area contributed by atoms with Gasteiger partial charge in [0, 0.05) is 6.42 Å². The molecule has 0 radical (unpaired) electrons. The monoisotopic (exact) mass is 271 g/mol. The predicted molar refractivity (Wildman–Crippen MR) is 77.0 cm³/mol. The standard InChI is InChI=1S/C15H29NO3/c1-6-8-13(9-15(18)19-11(3)4)10-16-14(7-2)12(5)17/h11,13-14,16H,6-10H2,1-5H3/t13-,14+/m1/s1. The first-order valence-electron chi connectivity index (χ1n) is 7.33. The summed E-state index contributed by atoms with van der Waals surface area (Å²) < 4.78 is 5.17. The molecule has 0 aromatic carbocycles. The Morgan fingerprint density at radius 2 is 1.84 bits per heavy atom. The summed E-state index contributed by atoms with van der Waals surface area (Å²) in [6.07, 6.45) is 3.13. The van der Waals surface area contributed by atoms with E-state index < -0.39 is 0 Å². The Morgan fingerprint density at radius 3 is 2.26 bits per heavy atom. The minimum Gasteiger partial charge on any atom is -0.463 e. The fourth-order valence-corrected chi connectivity index (χ4v) is 2.12. The molecule has 0 aromatic heterocycles. The van der Waals surface area contributed by atoms with E-state index in [1.165, 1.54) is 0 Å². The lowest BCUT2D eigenvalue weighted by atomic mass is 9.99. The van der Waals surface area contributed by atoms with Gasteiger partial charge in [0.05, 0.1) is 12.1 Å². The molecule has 0 unspecified atom stereocenters. The van der Waals surface area contributed by atoms with E-state index in [1.807, 2.05) is 20.8 Å². The third-order valence-corrected chi connectivity index (χ3v) is 3.07. The van der Waals surface area contributed by atoms with Crippen LogP contribution >= 0.6 is 0 Å². The van der Waals surface area contributed by atoms with Crippen molar-refractivity contribution in [1.29, 1.82) is 0 Å². The van der Waals surface area contributed by atoms with Gasteiger partial charge in [-0.2, -0.15) is 0 Å². The Morgan fingerprint density at radius 1 is 1.21 bits per heavy atom. The SMILES string of the molecule is CCC[C@@H](CN[C@@H](CC)C(C)=O)CC(=O)OC(C)C. The van der Waals surface area contributed by atoms with Gasteiger partial charge in [0.2, 0.25) is 0 Å². The van der Waals surface area contributed by atoms with Gasteiger partial charge in [-0.1, -0.05) is 20.3 Å². The van der Waals surface area contributed by atoms with E-state index in [0.717, 1.165) is 19.3 Å². The van der Waals surface area contributed by atoms with Crippen LogP contribution < -0.4 is 5.32 Å². The van der Waals surface area contributed by atoms with Crippen molar-refractivity contribution in [3.8, 4) is 0 Å². The highest BCUT2D eigenvalue weighted by Gasteiger charge is 2.18. The maximum atomic E-state index is 11.7. The molecule has 0 saturated heterocycles. The molecule has 0 aliphatic carbocycles. The lowest BCUT2D eigenvalue weighted by Crippen LogP contribution is -2.38. The number of ether oxygens (including phenoxy) is 1. The van der Waals surface area contributed by atoms with Crippen LogP contribution in [0.2, 0.25) is 0 Å². The second-order valence-corrected chi connectivity index (χ2v) is 5.38. The molecule has 0 rings (SSSR count). The second kappa shape index (κ2) is 9.96. The Bertz CT molecular complexity index is 277. The zero-order valence-corrected chi connectivity index (χ0v) is 13.0. The fourth-order valence-electron chi connectivity index (χ4n) is 2.12. The quantitative estimate of drug-likeness (QED) is 0.621. The summed E-state index contributed by atoms with van der Waals surface area (Å²) in [5.74, 6) is 0.248. The topological polar surface area (TPSA) is 55.4 Å². The van der Waals surface area contributed by atoms with Crippen LogP contribution in [0.4, 0.5) is 0 Å². The first-order valence-corrected chi connectivity index (χ1v) is 7.33. The van der Waals surface area contributed by atoms with Crippen molar-refractivity contribution >= 4 is 11.8 Å². The Balaban J connectivity index is 4.24. The van der Waals surface area contributed by atoms with E-state index in [9.17, 15) is 9.59 Å². The number of rotatable bonds is 10. The molecular weight excluding hydrogens is 242 g/mol. The summed E-state index contributed by atoms with van der Waals surface area (Å²) in [6, 6.07) is -0.0968. The van der Waals surface area contributed by atoms with Gasteiger partial charge in [-0.3, -0.25) is 9.59 Å². The van der Waals surface area contributed by atoms with Crippen molar-refractivity contribution in [1.82, 2.24) is 5.32 Å². The number of carbonyl (C=O) groups excluding carboxylic acids is 2. The summed E-state index contributed by atoms with van der Waals surface area (Å²) in [5.41, 5.74) is 0. The normalized spacial score (nSPS) is 14.2. The van der Waals surface area contributed by atoms with Crippen LogP contribution in [0.5, 0.6) is 0 Å². The number of Topliss-reactive ketones (excluding diaryl/α,β-unsaturated/α-hetero) is 1. The first kappa shape index (κ1) is 18.1. The van der Waals surface area contributed by atoms with Crippen LogP contribution in [-0.2, 0) is 14.3 Å². The lowest BCUT2D eigenvalue weighted by molar-refractivity contribution is -0.148. The van der Waals surface area contributed by atoms with Crippen LogP contribution in [0.25, 0.3) is 0 Å². The summed E-state index contributed by atoms with van der Waals surface area (Å²) >= 11 is 0. The highest BCUT2D eigenvalue weighted by molar-refractivity contribution is 5.81. The van der Waals surface area contributed by atoms with Gasteiger partial charge in [-0.25, -0.2) is 0 Å². The molecule has 0 spiro atoms. The van der Waals surface area contributed by atoms with E-state index in [4.69, 9.17) is 4.74 Å². The average molecular weight is 271 g/mol. The fraction of sp³-hybridized carbons (Fsp3) is 0.867. The van der Waals surface area contributed by atoms with Crippen molar-refractivity contribution in [3.63, 3.8) is 0 Å². The molecule has 0 heterocycles. The van der Waals surface area contributed by atoms with Crippen molar-refractivity contribution in [2.75, 3.05) is 6.54 Å². The van der Waals surface area contributed by atoms with E-state index in [-0.39, 0.29) is 29.8 Å². The number of nitrogens with one attached hydrogen (secondary N) is 1. The van der Waals surface area contributed by atoms with Gasteiger partial charge in [0.15, 0.2) is 0 Å². The van der Waals surface area contributed by atoms with E-state index in [0.29, 0.717) is 13.0 Å². The highest BCUT2D eigenvalue weighted by Crippen LogP contribution is 2.12. The minimum atomic E-state index is -0.147. The largest absolute Gasteiger partial charge is 0.463 e. The molecule has 4 heteroatoms. The molecule has 0 aliphatic rings. The zero-order valence-electron chi connectivity index (χ0n) is 13.0. The third kappa shape index (κ3) is 8.76. The molecule has 1 N–H and O–H groups in total. The van der Waals surface area contributed by atoms with Gasteiger partial charge in [-0.05, 0) is 46.1 Å². The summed E-state index contributed by atoms with van der Waals surface area (Å²) in [6.45, 7) is 10.1. The summed E-state index contributed by atoms with van der Waals surface area (Å²) in [4.78, 5) is 23.0. The van der Waals surface area contributed by atoms with Crippen molar-refractivity contribution in [2.24, 2.45) is 5.92 Å². The van der Waals surface area contributed by atoms with Crippen molar-refractivity contribution in [2.45, 2.75) is 72.4 Å². The molecule has 2 atom stereocenters. The Labute approximate surface area is 117 Å². The van der Waals surface area contributed by atoms with Crippen molar-refractivity contribution < 1.29 is 14.3 Å². The average Bonchev–Trinajstić information content (AvgIpc) is 2.28. The molecule has 0 amide bonds. The van der Waals surface area contributed by atoms with Crippen LogP contribution in [0.3, 0.4) is 0 Å². The lowest BCUT2D eigenvalue weighted by Gasteiger charge is -2.20. The van der Waals surface area contributed by atoms with Gasteiger partial charge in [0.1, 0.15) is 5.78 Å². The van der Waals surface area contributed by atoms with E-state index in [2.05, 4.69) is 12.2 Å². The maximum absolute atomic E-state index is 11.7. The Hall–Kier alpha value is -0.900. The summed E-state index contributed by atoms with van der Waals surface area (Å²) in [7, 11) is 0. The van der Waals surface area contributed by atoms with Crippen LogP contribution in [0, 0.1) is 5.92 Å². The zero-order chi connectivity index (χ0) is 14.8. The number of hydrogen-bond acceptors (Lipinski definition) is 4. The molecule has 4 nitrogen and oxygen atoms in total. The second-order valence-electron chi connectivity index (χ2n) is 5.38. The molecule has 0 saturated carbocycles. The molecule has 0 bridgehead atoms. The van der Waals surface area contributed by atoms with E-state index >= 15 is 0 Å². The Kier molecular flexibility index (Phi) is 9.48. The summed E-state index contributed by atoms with van der Waals surface area (Å²) in [5, 5.41) is 3.26. The molecular formula is C15H29NO3. The smallest absolute Gasteiger partial charge is 0.306 e. The van der Waals surface area contributed by atoms with Crippen LogP contribution in [0.1, 0.15) is 60.3 Å². The molecule has 19 heavy (non-hydrogen) atoms. The first-order chi connectivity index (χ1) is 8.90. The number of carbonyl (C=O) groups is 2. The molecule has 112 valence electrons. The molecule has 0 fully saturated rings. The maximum Gasteiger partial charge on any atom is 0.306 e. The number of hydrogen-bond donors (Lipinski definition) is 1. The van der Waals surface area contributed by atoms with Crippen LogP contribution in [-0.4, -0.2) is 30.4 Å². The van der Waals surface area contributed by atoms with Crippen LogP contribution in [0.15, 0.2) is 0 Å². The predicted octanol–water partition coefficient (Wildman–Crippen LogP) is 2.70.